The third-order valence-corrected chi connectivity index (χ3v) is 9.08. The van der Waals surface area contributed by atoms with Gasteiger partial charge < -0.3 is 24.8 Å². The molecule has 0 saturated heterocycles. The van der Waals surface area contributed by atoms with Crippen molar-refractivity contribution in [1.82, 2.24) is 15.0 Å². The molecule has 0 radical (unpaired) electrons. The Labute approximate surface area is 248 Å². The van der Waals surface area contributed by atoms with Crippen LogP contribution in [-0.4, -0.2) is 64.4 Å². The molecule has 1 aromatic heterocycles. The van der Waals surface area contributed by atoms with Crippen molar-refractivity contribution in [2.24, 2.45) is 0 Å². The summed E-state index contributed by atoms with van der Waals surface area (Å²) in [5.41, 5.74) is 3.38. The van der Waals surface area contributed by atoms with E-state index < -0.39 is 21.3 Å². The van der Waals surface area contributed by atoms with Gasteiger partial charge in [0.05, 0.1) is 40.1 Å². The number of nitrogens with one attached hydrogen (secondary N) is 2. The Hall–Kier alpha value is -3.54. The molecule has 0 spiro atoms. The van der Waals surface area contributed by atoms with Crippen molar-refractivity contribution in [1.29, 1.82) is 0 Å². The predicted octanol–water partition coefficient (Wildman–Crippen LogP) is 3.71. The first kappa shape index (κ1) is 29.9. The molecule has 2 atom stereocenters. The van der Waals surface area contributed by atoms with Crippen LogP contribution in [0.3, 0.4) is 0 Å². The molecule has 5 rings (SSSR count). The minimum atomic E-state index is -1.35. The summed E-state index contributed by atoms with van der Waals surface area (Å²) in [4.78, 5) is 19.9. The summed E-state index contributed by atoms with van der Waals surface area (Å²) in [5.74, 6) is 0.595. The zero-order valence-corrected chi connectivity index (χ0v) is 25.1. The van der Waals surface area contributed by atoms with Gasteiger partial charge in [0.25, 0.3) is 5.91 Å². The SMILES string of the molecule is CC1(NS(=O)C(C)(C)C)COc2c1cc(CCNC(=O)c1ccc3c(c1)OCCN3CCO)nc2-c1ccc(F)cc1. The Balaban J connectivity index is 1.37. The summed E-state index contributed by atoms with van der Waals surface area (Å²) in [6.45, 7) is 9.94. The molecule has 3 heterocycles. The molecule has 0 bridgehead atoms. The summed E-state index contributed by atoms with van der Waals surface area (Å²) in [7, 11) is -1.35. The van der Waals surface area contributed by atoms with E-state index in [4.69, 9.17) is 14.5 Å². The number of aliphatic hydroxyl groups excluding tert-OH is 1. The molecule has 3 aromatic rings. The van der Waals surface area contributed by atoms with Gasteiger partial charge in [-0.2, -0.15) is 0 Å². The number of fused-ring (bicyclic) bond motifs is 2. The first-order valence-corrected chi connectivity index (χ1v) is 15.2. The molecule has 9 nitrogen and oxygen atoms in total. The number of carbonyl (C=O) groups is 1. The number of aromatic nitrogens is 1. The second-order valence-electron chi connectivity index (χ2n) is 11.7. The van der Waals surface area contributed by atoms with E-state index in [-0.39, 0.29) is 24.9 Å². The molecular weight excluding hydrogens is 559 g/mol. The second kappa shape index (κ2) is 12.0. The number of benzene rings is 2. The van der Waals surface area contributed by atoms with Crippen LogP contribution in [0.5, 0.6) is 11.5 Å². The van der Waals surface area contributed by atoms with Gasteiger partial charge in [-0.1, -0.05) is 0 Å². The molecule has 224 valence electrons. The van der Waals surface area contributed by atoms with Gasteiger partial charge in [0.1, 0.15) is 30.5 Å². The number of hydrogen-bond acceptors (Lipinski definition) is 7. The minimum absolute atomic E-state index is 0.0388. The number of halogens is 1. The van der Waals surface area contributed by atoms with Gasteiger partial charge in [-0.3, -0.25) is 4.79 Å². The number of pyridine rings is 1. The number of aliphatic hydroxyl groups is 1. The maximum absolute atomic E-state index is 13.7. The summed E-state index contributed by atoms with van der Waals surface area (Å²) in [6.07, 6.45) is 0.428. The highest BCUT2D eigenvalue weighted by atomic mass is 32.2. The molecule has 2 unspecified atom stereocenters. The molecule has 3 N–H and O–H groups in total. The van der Waals surface area contributed by atoms with Crippen LogP contribution < -0.4 is 24.4 Å². The van der Waals surface area contributed by atoms with Crippen LogP contribution in [0.1, 0.15) is 49.3 Å². The van der Waals surface area contributed by atoms with Crippen molar-refractivity contribution < 1.29 is 28.0 Å². The lowest BCUT2D eigenvalue weighted by atomic mass is 9.93. The van der Waals surface area contributed by atoms with Crippen molar-refractivity contribution in [3.63, 3.8) is 0 Å². The highest BCUT2D eigenvalue weighted by Gasteiger charge is 2.41. The Kier molecular flexibility index (Phi) is 8.54. The fraction of sp³-hybridized carbons (Fsp3) is 0.419. The second-order valence-corrected chi connectivity index (χ2v) is 13.7. The van der Waals surface area contributed by atoms with Gasteiger partial charge in [0.15, 0.2) is 5.75 Å². The number of hydrogen-bond donors (Lipinski definition) is 3. The molecule has 0 saturated carbocycles. The van der Waals surface area contributed by atoms with E-state index in [9.17, 15) is 18.5 Å². The van der Waals surface area contributed by atoms with Gasteiger partial charge in [0, 0.05) is 41.9 Å². The lowest BCUT2D eigenvalue weighted by Crippen LogP contribution is -2.47. The number of nitrogens with zero attached hydrogens (tertiary/aromatic N) is 2. The zero-order valence-electron chi connectivity index (χ0n) is 24.3. The molecule has 0 fully saturated rings. The van der Waals surface area contributed by atoms with Gasteiger partial charge in [-0.15, -0.1) is 0 Å². The number of carbonyl (C=O) groups excluding carboxylic acids is 1. The van der Waals surface area contributed by atoms with Crippen molar-refractivity contribution in [2.75, 3.05) is 44.4 Å². The topological polar surface area (TPSA) is 113 Å². The van der Waals surface area contributed by atoms with Gasteiger partial charge in [-0.05, 0) is 76.2 Å². The monoisotopic (exact) mass is 596 g/mol. The maximum atomic E-state index is 13.7. The molecule has 11 heteroatoms. The molecule has 2 aromatic carbocycles. The lowest BCUT2D eigenvalue weighted by molar-refractivity contribution is 0.0953. The fourth-order valence-electron chi connectivity index (χ4n) is 4.99. The van der Waals surface area contributed by atoms with E-state index in [1.165, 1.54) is 12.1 Å². The lowest BCUT2D eigenvalue weighted by Gasteiger charge is -2.30. The van der Waals surface area contributed by atoms with Crippen molar-refractivity contribution in [3.05, 3.63) is 71.2 Å². The standard InChI is InChI=1S/C31H37FN4O5S/c1-30(2,3)42(39)35-31(4)19-41-28-24(31)18-23(34-27(28)20-5-8-22(32)9-6-20)11-12-33-29(38)21-7-10-25-26(17-21)40-16-14-36(25)13-15-37/h5-10,17-18,35,37H,11-16,19H2,1-4H3,(H,33,38). The predicted molar refractivity (Wildman–Crippen MR) is 161 cm³/mol. The summed E-state index contributed by atoms with van der Waals surface area (Å²) in [5, 5.41) is 12.3. The first-order valence-electron chi connectivity index (χ1n) is 14.0. The van der Waals surface area contributed by atoms with E-state index in [1.807, 2.05) is 44.7 Å². The van der Waals surface area contributed by atoms with Crippen LogP contribution in [-0.2, 0) is 22.9 Å². The van der Waals surface area contributed by atoms with E-state index in [0.29, 0.717) is 66.7 Å². The summed E-state index contributed by atoms with van der Waals surface area (Å²) in [6, 6.07) is 13.3. The van der Waals surface area contributed by atoms with E-state index >= 15 is 0 Å². The fourth-order valence-corrected chi connectivity index (χ4v) is 5.87. The number of ether oxygens (including phenoxy) is 2. The number of amides is 1. The smallest absolute Gasteiger partial charge is 0.251 e. The largest absolute Gasteiger partial charge is 0.490 e. The molecule has 42 heavy (non-hydrogen) atoms. The highest BCUT2D eigenvalue weighted by molar-refractivity contribution is 7.84. The number of β-amino-alcohol motifs (C(OH)–C–C–N with tert-alkyl or cyclic N) is 1. The normalized spacial score (nSPS) is 18.5. The van der Waals surface area contributed by atoms with E-state index in [0.717, 1.165) is 11.3 Å². The third-order valence-electron chi connectivity index (χ3n) is 7.34. The van der Waals surface area contributed by atoms with Crippen LogP contribution in [0.2, 0.25) is 0 Å². The molecule has 2 aliphatic rings. The zero-order chi connectivity index (χ0) is 30.1. The van der Waals surface area contributed by atoms with E-state index in [2.05, 4.69) is 10.0 Å². The van der Waals surface area contributed by atoms with Gasteiger partial charge in [-0.25, -0.2) is 18.3 Å². The average molecular weight is 597 g/mol. The Bertz CT molecular complexity index is 1490. The molecule has 0 aliphatic carbocycles. The van der Waals surface area contributed by atoms with Crippen LogP contribution in [0, 0.1) is 5.82 Å². The Morgan fingerprint density at radius 1 is 1.17 bits per heavy atom. The Morgan fingerprint density at radius 3 is 2.64 bits per heavy atom. The minimum Gasteiger partial charge on any atom is -0.490 e. The van der Waals surface area contributed by atoms with Crippen molar-refractivity contribution in [3.8, 4) is 22.8 Å². The highest BCUT2D eigenvalue weighted by Crippen LogP contribution is 2.43. The van der Waals surface area contributed by atoms with E-state index in [1.54, 1.807) is 24.3 Å². The van der Waals surface area contributed by atoms with Gasteiger partial charge >= 0.3 is 0 Å². The summed E-state index contributed by atoms with van der Waals surface area (Å²) < 4.78 is 41.4. The van der Waals surface area contributed by atoms with Crippen LogP contribution in [0.4, 0.5) is 10.1 Å². The quantitative estimate of drug-likeness (QED) is 0.345. The molecule has 2 aliphatic heterocycles. The van der Waals surface area contributed by atoms with Gasteiger partial charge in [0.2, 0.25) is 0 Å². The third kappa shape index (κ3) is 6.28. The number of anilines is 1. The maximum Gasteiger partial charge on any atom is 0.251 e. The van der Waals surface area contributed by atoms with Crippen LogP contribution in [0.25, 0.3) is 11.3 Å². The molecule has 1 amide bonds. The summed E-state index contributed by atoms with van der Waals surface area (Å²) >= 11 is 0. The Morgan fingerprint density at radius 2 is 1.93 bits per heavy atom. The van der Waals surface area contributed by atoms with Crippen molar-refractivity contribution >= 4 is 22.6 Å². The molecular formula is C31H37FN4O5S. The van der Waals surface area contributed by atoms with Crippen molar-refractivity contribution in [2.45, 2.75) is 44.4 Å². The van der Waals surface area contributed by atoms with Crippen LogP contribution >= 0.6 is 0 Å². The van der Waals surface area contributed by atoms with Crippen LogP contribution in [0.15, 0.2) is 48.5 Å². The average Bonchev–Trinajstić information content (AvgIpc) is 3.28. The first-order chi connectivity index (χ1) is 20.0. The number of rotatable bonds is 9.